The van der Waals surface area contributed by atoms with E-state index in [4.69, 9.17) is 17.3 Å². The first-order valence-corrected chi connectivity index (χ1v) is 9.22. The van der Waals surface area contributed by atoms with E-state index in [1.165, 1.54) is 31.7 Å². The summed E-state index contributed by atoms with van der Waals surface area (Å²) in [6.45, 7) is 0.228. The highest BCUT2D eigenvalue weighted by Gasteiger charge is 2.46. The lowest BCUT2D eigenvalue weighted by molar-refractivity contribution is -0.118. The molecule has 0 aromatic carbocycles. The standard InChI is InChI=1S/C17H21ClN6O2/c18-13-5-11(16(25)23-22-13)7-24-8-12(6-20-24)21-17(26)15(19)14(9-1-2-9)10-3-4-10/h5-6,8-10,14-15H,1-4,7,19H2,(H,21,26)(H,23,25)/t15-/m0/s1. The molecule has 0 radical (unpaired) electrons. The minimum absolute atomic E-state index is 0.168. The Morgan fingerprint density at radius 1 is 1.38 bits per heavy atom. The third-order valence-electron chi connectivity index (χ3n) is 5.13. The van der Waals surface area contributed by atoms with Crippen LogP contribution in [0.15, 0.2) is 23.3 Å². The second-order valence-electron chi connectivity index (χ2n) is 7.24. The van der Waals surface area contributed by atoms with Crippen LogP contribution in [0.1, 0.15) is 31.2 Å². The maximum atomic E-state index is 12.5. The van der Waals surface area contributed by atoms with E-state index >= 15 is 0 Å². The summed E-state index contributed by atoms with van der Waals surface area (Å²) in [6, 6.07) is 1.01. The fourth-order valence-corrected chi connectivity index (χ4v) is 3.73. The van der Waals surface area contributed by atoms with Gasteiger partial charge in [0.05, 0.1) is 24.5 Å². The fraction of sp³-hybridized carbons (Fsp3) is 0.529. The smallest absolute Gasteiger partial charge is 0.269 e. The molecule has 0 spiro atoms. The zero-order valence-electron chi connectivity index (χ0n) is 14.2. The van der Waals surface area contributed by atoms with Crippen molar-refractivity contribution in [1.82, 2.24) is 20.0 Å². The van der Waals surface area contributed by atoms with Crippen molar-refractivity contribution in [3.8, 4) is 0 Å². The Hall–Kier alpha value is -2.19. The van der Waals surface area contributed by atoms with E-state index in [1.807, 2.05) is 0 Å². The van der Waals surface area contributed by atoms with Gasteiger partial charge in [-0.3, -0.25) is 14.3 Å². The number of nitrogens with two attached hydrogens (primary N) is 1. The Balaban J connectivity index is 1.40. The number of hydrogen-bond acceptors (Lipinski definition) is 5. The second kappa shape index (κ2) is 6.85. The third-order valence-corrected chi connectivity index (χ3v) is 5.33. The number of anilines is 1. The van der Waals surface area contributed by atoms with E-state index in [9.17, 15) is 9.59 Å². The molecular weight excluding hydrogens is 356 g/mol. The van der Waals surface area contributed by atoms with Crippen molar-refractivity contribution in [3.05, 3.63) is 39.5 Å². The molecule has 2 heterocycles. The number of hydrogen-bond donors (Lipinski definition) is 3. The van der Waals surface area contributed by atoms with Crippen LogP contribution >= 0.6 is 11.6 Å². The highest BCUT2D eigenvalue weighted by atomic mass is 35.5. The van der Waals surface area contributed by atoms with Gasteiger partial charge in [-0.2, -0.15) is 10.2 Å². The van der Waals surface area contributed by atoms with Crippen LogP contribution < -0.4 is 16.6 Å². The molecule has 9 heteroatoms. The minimum atomic E-state index is -0.486. The molecule has 2 aliphatic carbocycles. The number of nitrogens with one attached hydrogen (secondary N) is 2. The molecule has 2 aromatic heterocycles. The van der Waals surface area contributed by atoms with Crippen molar-refractivity contribution >= 4 is 23.2 Å². The maximum absolute atomic E-state index is 12.5. The van der Waals surface area contributed by atoms with Crippen LogP contribution in [-0.4, -0.2) is 31.9 Å². The van der Waals surface area contributed by atoms with Crippen LogP contribution in [-0.2, 0) is 11.3 Å². The summed E-state index contributed by atoms with van der Waals surface area (Å²) in [5, 5.41) is 13.2. The molecule has 4 rings (SSSR count). The Kier molecular flexibility index (Phi) is 4.54. The fourth-order valence-electron chi connectivity index (χ4n) is 3.56. The lowest BCUT2D eigenvalue weighted by Crippen LogP contribution is -2.43. The van der Waals surface area contributed by atoms with Gasteiger partial charge in [-0.25, -0.2) is 5.10 Å². The molecule has 1 atom stereocenters. The van der Waals surface area contributed by atoms with Crippen molar-refractivity contribution < 1.29 is 4.79 Å². The number of aromatic nitrogens is 4. The SMILES string of the molecule is N[C@H](C(=O)Nc1cnn(Cc2cc(Cl)n[nH]c2=O)c1)C(C1CC1)C1CC1. The Morgan fingerprint density at radius 2 is 2.08 bits per heavy atom. The van der Waals surface area contributed by atoms with Crippen LogP contribution in [0.4, 0.5) is 5.69 Å². The molecule has 0 aliphatic heterocycles. The van der Waals surface area contributed by atoms with Gasteiger partial charge in [0.1, 0.15) is 5.15 Å². The second-order valence-corrected chi connectivity index (χ2v) is 7.63. The van der Waals surface area contributed by atoms with Crippen LogP contribution in [0, 0.1) is 17.8 Å². The lowest BCUT2D eigenvalue weighted by Gasteiger charge is -2.22. The predicted octanol–water partition coefficient (Wildman–Crippen LogP) is 1.37. The average Bonchev–Trinajstić information content (AvgIpc) is 3.53. The quantitative estimate of drug-likeness (QED) is 0.674. The molecule has 2 saturated carbocycles. The molecule has 138 valence electrons. The molecule has 4 N–H and O–H groups in total. The van der Waals surface area contributed by atoms with Crippen LogP contribution in [0.25, 0.3) is 0 Å². The molecule has 0 bridgehead atoms. The minimum Gasteiger partial charge on any atom is -0.322 e. The number of carbonyl (C=O) groups is 1. The summed E-state index contributed by atoms with van der Waals surface area (Å²) in [4.78, 5) is 24.3. The van der Waals surface area contributed by atoms with E-state index in [1.54, 1.807) is 17.1 Å². The van der Waals surface area contributed by atoms with Crippen molar-refractivity contribution in [2.24, 2.45) is 23.5 Å². The zero-order valence-corrected chi connectivity index (χ0v) is 14.9. The maximum Gasteiger partial charge on any atom is 0.269 e. The molecule has 0 unspecified atom stereocenters. The van der Waals surface area contributed by atoms with E-state index in [2.05, 4.69) is 20.6 Å². The van der Waals surface area contributed by atoms with Crippen molar-refractivity contribution in [3.63, 3.8) is 0 Å². The number of aromatic amines is 1. The molecule has 1 amide bonds. The zero-order chi connectivity index (χ0) is 18.3. The van der Waals surface area contributed by atoms with Gasteiger partial charge in [0.15, 0.2) is 0 Å². The number of halogens is 1. The van der Waals surface area contributed by atoms with Gasteiger partial charge in [0.2, 0.25) is 5.91 Å². The van der Waals surface area contributed by atoms with Crippen LogP contribution in [0.2, 0.25) is 5.15 Å². The summed E-state index contributed by atoms with van der Waals surface area (Å²) in [7, 11) is 0. The first-order valence-electron chi connectivity index (χ1n) is 8.84. The predicted molar refractivity (Wildman–Crippen MR) is 96.7 cm³/mol. The monoisotopic (exact) mass is 376 g/mol. The molecular formula is C17H21ClN6O2. The summed E-state index contributed by atoms with van der Waals surface area (Å²) in [5.41, 5.74) is 6.92. The van der Waals surface area contributed by atoms with Gasteiger partial charge in [-0.1, -0.05) is 11.6 Å². The van der Waals surface area contributed by atoms with Crippen LogP contribution in [0.5, 0.6) is 0 Å². The Morgan fingerprint density at radius 3 is 2.73 bits per heavy atom. The molecule has 2 fully saturated rings. The first-order chi connectivity index (χ1) is 12.5. The number of nitrogens with zero attached hydrogens (tertiary/aromatic N) is 3. The largest absolute Gasteiger partial charge is 0.322 e. The van der Waals surface area contributed by atoms with E-state index < -0.39 is 6.04 Å². The Labute approximate surface area is 155 Å². The van der Waals surface area contributed by atoms with Crippen molar-refractivity contribution in [2.45, 2.75) is 38.3 Å². The van der Waals surface area contributed by atoms with Crippen molar-refractivity contribution in [2.75, 3.05) is 5.32 Å². The van der Waals surface area contributed by atoms with Gasteiger partial charge in [0, 0.05) is 11.8 Å². The molecule has 2 aliphatic rings. The highest BCUT2D eigenvalue weighted by Crippen LogP contribution is 2.50. The van der Waals surface area contributed by atoms with Gasteiger partial charge in [-0.05, 0) is 49.5 Å². The van der Waals surface area contributed by atoms with E-state index in [0.717, 1.165) is 0 Å². The molecule has 0 saturated heterocycles. The summed E-state index contributed by atoms with van der Waals surface area (Å²) in [6.07, 6.45) is 7.95. The number of amides is 1. The van der Waals surface area contributed by atoms with Gasteiger partial charge in [0.25, 0.3) is 5.56 Å². The third kappa shape index (κ3) is 3.81. The Bertz CT molecular complexity index is 858. The van der Waals surface area contributed by atoms with Crippen LogP contribution in [0.3, 0.4) is 0 Å². The van der Waals surface area contributed by atoms with Gasteiger partial charge in [-0.15, -0.1) is 0 Å². The number of H-pyrrole nitrogens is 1. The average molecular weight is 377 g/mol. The van der Waals surface area contributed by atoms with Crippen molar-refractivity contribution in [1.29, 1.82) is 0 Å². The molecule has 8 nitrogen and oxygen atoms in total. The van der Waals surface area contributed by atoms with Gasteiger partial charge < -0.3 is 11.1 Å². The topological polar surface area (TPSA) is 119 Å². The summed E-state index contributed by atoms with van der Waals surface area (Å²) < 4.78 is 1.56. The molecule has 2 aromatic rings. The first kappa shape index (κ1) is 17.2. The van der Waals surface area contributed by atoms with E-state index in [-0.39, 0.29) is 23.2 Å². The van der Waals surface area contributed by atoms with E-state index in [0.29, 0.717) is 29.0 Å². The normalized spacial score (nSPS) is 18.1. The molecule has 26 heavy (non-hydrogen) atoms. The highest BCUT2D eigenvalue weighted by molar-refractivity contribution is 6.29. The number of rotatable bonds is 7. The summed E-state index contributed by atoms with van der Waals surface area (Å²) >= 11 is 5.80. The summed E-state index contributed by atoms with van der Waals surface area (Å²) in [5.74, 6) is 1.34. The number of carbonyl (C=O) groups excluding carboxylic acids is 1. The lowest BCUT2D eigenvalue weighted by atomic mass is 9.89. The van der Waals surface area contributed by atoms with Gasteiger partial charge >= 0.3 is 0 Å².